The van der Waals surface area contributed by atoms with E-state index in [1.54, 1.807) is 30.3 Å². The lowest BCUT2D eigenvalue weighted by Crippen LogP contribution is -2.57. The molecule has 1 aliphatic heterocycles. The van der Waals surface area contributed by atoms with Crippen LogP contribution in [-0.4, -0.2) is 24.4 Å². The first-order valence-corrected chi connectivity index (χ1v) is 16.3. The number of hydrogen-bond donors (Lipinski definition) is 0. The lowest BCUT2D eigenvalue weighted by atomic mass is 9.73. The third-order valence-corrected chi connectivity index (χ3v) is 9.69. The van der Waals surface area contributed by atoms with Gasteiger partial charge in [0.15, 0.2) is 0 Å². The number of carbonyl (C=O) groups is 1. The Morgan fingerprint density at radius 2 is 1.55 bits per heavy atom. The number of carbonyl (C=O) groups excluding carboxylic acids is 1. The van der Waals surface area contributed by atoms with E-state index in [9.17, 15) is 4.79 Å². The zero-order valence-electron chi connectivity index (χ0n) is 26.2. The molecule has 0 saturated heterocycles. The molecule has 4 aromatic rings. The number of alkyl halides is 3. The van der Waals surface area contributed by atoms with Gasteiger partial charge in [-0.3, -0.25) is 4.79 Å². The van der Waals surface area contributed by atoms with E-state index in [0.717, 1.165) is 47.9 Å². The van der Waals surface area contributed by atoms with Crippen LogP contribution in [0.2, 0.25) is 0 Å². The molecule has 8 heteroatoms. The van der Waals surface area contributed by atoms with E-state index >= 15 is 13.2 Å². The number of rotatable bonds is 8. The summed E-state index contributed by atoms with van der Waals surface area (Å²) < 4.78 is 60.4. The SMILES string of the molecule is CC(=O)Cc1ccc(COO[C@](c2ccccc2)(C2Oc3ccc4c(c3[C@H]3c5ccccc5CCC3O2)CCCC4)C(F)(F)F)cc1. The van der Waals surface area contributed by atoms with Crippen molar-refractivity contribution < 1.29 is 37.2 Å². The largest absolute Gasteiger partial charge is 0.461 e. The van der Waals surface area contributed by atoms with Crippen molar-refractivity contribution in [3.63, 3.8) is 0 Å². The minimum Gasteiger partial charge on any atom is -0.461 e. The Hall–Kier alpha value is -3.98. The molecule has 0 aromatic heterocycles. The second-order valence-corrected chi connectivity index (χ2v) is 12.8. The number of benzene rings is 4. The molecule has 0 saturated carbocycles. The average molecular weight is 643 g/mol. The third kappa shape index (κ3) is 5.99. The maximum Gasteiger partial charge on any atom is 0.431 e. The van der Waals surface area contributed by atoms with Crippen molar-refractivity contribution in [2.45, 2.75) is 88.6 Å². The van der Waals surface area contributed by atoms with Crippen molar-refractivity contribution in [3.8, 4) is 5.75 Å². The maximum atomic E-state index is 15.8. The zero-order chi connectivity index (χ0) is 32.6. The molecule has 0 radical (unpaired) electrons. The van der Waals surface area contributed by atoms with E-state index in [0.29, 0.717) is 24.2 Å². The number of aryl methyl sites for hydroxylation is 2. The summed E-state index contributed by atoms with van der Waals surface area (Å²) in [5.74, 6) is 0.113. The van der Waals surface area contributed by atoms with E-state index in [4.69, 9.17) is 19.2 Å². The van der Waals surface area contributed by atoms with Gasteiger partial charge in [0, 0.05) is 23.5 Å². The Morgan fingerprint density at radius 3 is 2.32 bits per heavy atom. The lowest BCUT2D eigenvalue weighted by molar-refractivity contribution is -0.473. The van der Waals surface area contributed by atoms with Gasteiger partial charge in [0.25, 0.3) is 5.60 Å². The number of Topliss-reactive ketones (excluding diaryl/α,β-unsaturated/α-hetero) is 1. The molecule has 0 fully saturated rings. The third-order valence-electron chi connectivity index (χ3n) is 9.69. The van der Waals surface area contributed by atoms with Crippen molar-refractivity contribution >= 4 is 5.78 Å². The highest BCUT2D eigenvalue weighted by Crippen LogP contribution is 2.53. The topological polar surface area (TPSA) is 54.0 Å². The van der Waals surface area contributed by atoms with Crippen molar-refractivity contribution in [2.24, 2.45) is 0 Å². The minimum absolute atomic E-state index is 0.0179. The van der Waals surface area contributed by atoms with Gasteiger partial charge < -0.3 is 9.47 Å². The first-order valence-electron chi connectivity index (χ1n) is 16.3. The highest BCUT2D eigenvalue weighted by molar-refractivity contribution is 5.78. The van der Waals surface area contributed by atoms with Crippen molar-refractivity contribution in [1.82, 2.24) is 0 Å². The number of ketones is 1. The number of halogens is 3. The molecular formula is C39H37F3O5. The first-order chi connectivity index (χ1) is 22.7. The second-order valence-electron chi connectivity index (χ2n) is 12.8. The van der Waals surface area contributed by atoms with Gasteiger partial charge in [-0.2, -0.15) is 13.2 Å². The van der Waals surface area contributed by atoms with E-state index in [-0.39, 0.29) is 30.3 Å². The highest BCUT2D eigenvalue weighted by Gasteiger charge is 2.67. The fourth-order valence-electron chi connectivity index (χ4n) is 7.46. The normalized spacial score (nSPS) is 21.6. The van der Waals surface area contributed by atoms with Crippen LogP contribution in [-0.2, 0) is 57.2 Å². The predicted octanol–water partition coefficient (Wildman–Crippen LogP) is 8.48. The summed E-state index contributed by atoms with van der Waals surface area (Å²) in [7, 11) is 0. The number of hydrogen-bond acceptors (Lipinski definition) is 5. The predicted molar refractivity (Wildman–Crippen MR) is 170 cm³/mol. The Kier molecular flexibility index (Phi) is 8.68. The van der Waals surface area contributed by atoms with Gasteiger partial charge in [-0.25, -0.2) is 9.78 Å². The molecule has 2 aliphatic carbocycles. The molecule has 4 aromatic carbocycles. The molecule has 4 atom stereocenters. The Morgan fingerprint density at radius 1 is 0.830 bits per heavy atom. The second kappa shape index (κ2) is 12.9. The summed E-state index contributed by atoms with van der Waals surface area (Å²) >= 11 is 0. The Balaban J connectivity index is 1.31. The van der Waals surface area contributed by atoms with E-state index in [1.165, 1.54) is 42.3 Å². The molecule has 0 N–H and O–H groups in total. The quantitative estimate of drug-likeness (QED) is 0.143. The van der Waals surface area contributed by atoms with Gasteiger partial charge in [0.1, 0.15) is 18.1 Å². The maximum absolute atomic E-state index is 15.8. The van der Waals surface area contributed by atoms with Crippen LogP contribution < -0.4 is 4.74 Å². The van der Waals surface area contributed by atoms with Crippen LogP contribution in [0.15, 0.2) is 91.0 Å². The number of fused-ring (bicyclic) bond motifs is 7. The summed E-state index contributed by atoms with van der Waals surface area (Å²) in [6.07, 6.45) is -2.18. The number of ether oxygens (including phenoxy) is 2. The highest BCUT2D eigenvalue weighted by atomic mass is 19.4. The molecule has 0 bridgehead atoms. The van der Waals surface area contributed by atoms with Gasteiger partial charge >= 0.3 is 6.18 Å². The van der Waals surface area contributed by atoms with Crippen LogP contribution >= 0.6 is 0 Å². The first kappa shape index (κ1) is 31.6. The molecule has 47 heavy (non-hydrogen) atoms. The van der Waals surface area contributed by atoms with E-state index in [2.05, 4.69) is 12.1 Å². The van der Waals surface area contributed by atoms with Crippen LogP contribution in [0, 0.1) is 0 Å². The average Bonchev–Trinajstić information content (AvgIpc) is 3.24. The fourth-order valence-corrected chi connectivity index (χ4v) is 7.46. The Bertz CT molecular complexity index is 1740. The minimum atomic E-state index is -5.01. The molecular weight excluding hydrogens is 605 g/mol. The monoisotopic (exact) mass is 642 g/mol. The standard InChI is InChI=1S/C39H37F3O5/c1-25(43)23-26-15-17-27(18-16-26)24-44-47-38(39(40,41)42,30-11-3-2-4-12-30)37-45-33-21-19-28-9-5-7-13-31(28)35(33)36-32-14-8-6-10-29(32)20-22-34(36)46-37/h2-5,7,9,11-13,15-18,20,22,33,35,37H,6,8,10,14,19,21,23-24H2,1H3/t33?,35-,37?,38+/m0/s1. The summed E-state index contributed by atoms with van der Waals surface area (Å²) in [4.78, 5) is 22.6. The zero-order valence-corrected chi connectivity index (χ0v) is 26.2. The van der Waals surface area contributed by atoms with Gasteiger partial charge in [-0.15, -0.1) is 0 Å². The fraction of sp³-hybridized carbons (Fsp3) is 0.359. The summed E-state index contributed by atoms with van der Waals surface area (Å²) in [6, 6.07) is 26.3. The molecule has 3 aliphatic rings. The molecule has 7 rings (SSSR count). The van der Waals surface area contributed by atoms with Crippen molar-refractivity contribution in [3.05, 3.63) is 136 Å². The molecule has 0 spiro atoms. The lowest BCUT2D eigenvalue weighted by Gasteiger charge is -2.41. The van der Waals surface area contributed by atoms with Crippen molar-refractivity contribution in [1.29, 1.82) is 0 Å². The van der Waals surface area contributed by atoms with Crippen LogP contribution in [0.1, 0.15) is 76.6 Å². The van der Waals surface area contributed by atoms with Gasteiger partial charge in [0.2, 0.25) is 6.29 Å². The summed E-state index contributed by atoms with van der Waals surface area (Å²) in [5, 5.41) is 0. The summed E-state index contributed by atoms with van der Waals surface area (Å²) in [6.45, 7) is 1.24. The van der Waals surface area contributed by atoms with Gasteiger partial charge in [-0.05, 0) is 84.9 Å². The Labute approximate surface area is 272 Å². The van der Waals surface area contributed by atoms with Crippen LogP contribution in [0.4, 0.5) is 13.2 Å². The molecule has 1 heterocycles. The molecule has 244 valence electrons. The molecule has 0 amide bonds. The van der Waals surface area contributed by atoms with Crippen LogP contribution in [0.3, 0.4) is 0 Å². The van der Waals surface area contributed by atoms with Crippen LogP contribution in [0.25, 0.3) is 0 Å². The summed E-state index contributed by atoms with van der Waals surface area (Å²) in [5.41, 5.74) is 3.63. The van der Waals surface area contributed by atoms with E-state index < -0.39 is 24.2 Å². The van der Waals surface area contributed by atoms with Crippen LogP contribution in [0.5, 0.6) is 5.75 Å². The van der Waals surface area contributed by atoms with Gasteiger partial charge in [0.05, 0.1) is 6.10 Å². The molecule has 5 nitrogen and oxygen atoms in total. The smallest absolute Gasteiger partial charge is 0.431 e. The van der Waals surface area contributed by atoms with E-state index in [1.807, 2.05) is 24.3 Å². The van der Waals surface area contributed by atoms with Gasteiger partial charge in [-0.1, -0.05) is 84.9 Å². The van der Waals surface area contributed by atoms with Crippen molar-refractivity contribution in [2.75, 3.05) is 0 Å². The molecule has 2 unspecified atom stereocenters.